The van der Waals surface area contributed by atoms with Crippen molar-refractivity contribution in [3.63, 3.8) is 0 Å². The summed E-state index contributed by atoms with van der Waals surface area (Å²) in [6, 6.07) is 6.32. The van der Waals surface area contributed by atoms with Crippen molar-refractivity contribution in [2.24, 2.45) is 5.92 Å². The molecule has 20 heavy (non-hydrogen) atoms. The minimum atomic E-state index is 0.420. The van der Waals surface area contributed by atoms with Gasteiger partial charge in [-0.05, 0) is 56.3 Å². The lowest BCUT2D eigenvalue weighted by molar-refractivity contribution is 0.00799. The van der Waals surface area contributed by atoms with Gasteiger partial charge in [-0.3, -0.25) is 0 Å². The Bertz CT molecular complexity index is 411. The highest BCUT2D eigenvalue weighted by Crippen LogP contribution is 2.28. The molecule has 1 fully saturated rings. The molecule has 3 heteroatoms. The van der Waals surface area contributed by atoms with E-state index in [0.29, 0.717) is 12.7 Å². The van der Waals surface area contributed by atoms with Gasteiger partial charge in [-0.25, -0.2) is 0 Å². The number of hydrogen-bond acceptors (Lipinski definition) is 3. The van der Waals surface area contributed by atoms with Crippen LogP contribution in [0.15, 0.2) is 18.2 Å². The van der Waals surface area contributed by atoms with E-state index in [1.165, 1.54) is 31.2 Å². The van der Waals surface area contributed by atoms with Gasteiger partial charge in [0, 0.05) is 12.1 Å². The highest BCUT2D eigenvalue weighted by atomic mass is 16.5. The monoisotopic (exact) mass is 277 g/mol. The van der Waals surface area contributed by atoms with E-state index in [0.717, 1.165) is 23.8 Å². The number of ether oxygens (including phenoxy) is 2. The molecule has 1 aromatic rings. The van der Waals surface area contributed by atoms with E-state index < -0.39 is 0 Å². The molecule has 0 saturated heterocycles. The van der Waals surface area contributed by atoms with Gasteiger partial charge in [0.2, 0.25) is 0 Å². The maximum Gasteiger partial charge on any atom is 0.124 e. The first-order valence-corrected chi connectivity index (χ1v) is 7.65. The van der Waals surface area contributed by atoms with E-state index in [9.17, 15) is 0 Å². The molecule has 1 N–H and O–H groups in total. The molecule has 0 unspecified atom stereocenters. The van der Waals surface area contributed by atoms with Crippen molar-refractivity contribution < 1.29 is 9.47 Å². The zero-order chi connectivity index (χ0) is 14.4. The van der Waals surface area contributed by atoms with E-state index >= 15 is 0 Å². The predicted molar refractivity (Wildman–Crippen MR) is 82.0 cm³/mol. The lowest BCUT2D eigenvalue weighted by atomic mass is 9.89. The minimum absolute atomic E-state index is 0.420. The van der Waals surface area contributed by atoms with E-state index in [1.807, 2.05) is 13.1 Å². The second kappa shape index (κ2) is 7.65. The van der Waals surface area contributed by atoms with Crippen LogP contribution in [0.1, 0.15) is 43.7 Å². The summed E-state index contributed by atoms with van der Waals surface area (Å²) in [5, 5.41) is 3.18. The van der Waals surface area contributed by atoms with E-state index in [2.05, 4.69) is 24.4 Å². The molecule has 0 bridgehead atoms. The SMILES string of the molecule is CNCc1ccc(OC)c(COC2CCC(C)CC2)c1. The third kappa shape index (κ3) is 4.22. The fourth-order valence-corrected chi connectivity index (χ4v) is 2.86. The van der Waals surface area contributed by atoms with Gasteiger partial charge in [-0.1, -0.05) is 13.0 Å². The molecule has 1 aliphatic rings. The van der Waals surface area contributed by atoms with Gasteiger partial charge in [-0.15, -0.1) is 0 Å². The van der Waals surface area contributed by atoms with Crippen LogP contribution in [-0.2, 0) is 17.9 Å². The smallest absolute Gasteiger partial charge is 0.124 e. The first kappa shape index (κ1) is 15.3. The van der Waals surface area contributed by atoms with Gasteiger partial charge >= 0.3 is 0 Å². The fourth-order valence-electron chi connectivity index (χ4n) is 2.86. The topological polar surface area (TPSA) is 30.5 Å². The maximum atomic E-state index is 6.09. The molecule has 112 valence electrons. The molecule has 1 saturated carbocycles. The molecular weight excluding hydrogens is 250 g/mol. The van der Waals surface area contributed by atoms with Crippen LogP contribution in [0.3, 0.4) is 0 Å². The second-order valence-electron chi connectivity index (χ2n) is 5.87. The van der Waals surface area contributed by atoms with Crippen molar-refractivity contribution in [2.75, 3.05) is 14.2 Å². The third-order valence-electron chi connectivity index (χ3n) is 4.16. The standard InChI is InChI=1S/C17H27NO2/c1-13-4-7-16(8-5-13)20-12-15-10-14(11-18-2)6-9-17(15)19-3/h6,9-10,13,16,18H,4-5,7-8,11-12H2,1-3H3. The molecule has 0 spiro atoms. The fraction of sp³-hybridized carbons (Fsp3) is 0.647. The summed E-state index contributed by atoms with van der Waals surface area (Å²) in [4.78, 5) is 0. The minimum Gasteiger partial charge on any atom is -0.496 e. The number of methoxy groups -OCH3 is 1. The van der Waals surface area contributed by atoms with Gasteiger partial charge in [0.15, 0.2) is 0 Å². The molecular formula is C17H27NO2. The van der Waals surface area contributed by atoms with Crippen LogP contribution < -0.4 is 10.1 Å². The Balaban J connectivity index is 1.94. The van der Waals surface area contributed by atoms with Crippen molar-refractivity contribution in [3.8, 4) is 5.75 Å². The lowest BCUT2D eigenvalue weighted by Crippen LogP contribution is -2.20. The van der Waals surface area contributed by atoms with Crippen molar-refractivity contribution in [3.05, 3.63) is 29.3 Å². The molecule has 3 nitrogen and oxygen atoms in total. The Hall–Kier alpha value is -1.06. The van der Waals surface area contributed by atoms with Crippen LogP contribution in [0, 0.1) is 5.92 Å². The lowest BCUT2D eigenvalue weighted by Gasteiger charge is -2.26. The Morgan fingerprint density at radius 3 is 2.60 bits per heavy atom. The van der Waals surface area contributed by atoms with Crippen LogP contribution >= 0.6 is 0 Å². The summed E-state index contributed by atoms with van der Waals surface area (Å²) < 4.78 is 11.5. The molecule has 1 aromatic carbocycles. The van der Waals surface area contributed by atoms with Gasteiger partial charge < -0.3 is 14.8 Å². The van der Waals surface area contributed by atoms with Crippen molar-refractivity contribution in [1.29, 1.82) is 0 Å². The summed E-state index contributed by atoms with van der Waals surface area (Å²) in [5.41, 5.74) is 2.42. The molecule has 0 aliphatic heterocycles. The van der Waals surface area contributed by atoms with Gasteiger partial charge in [0.1, 0.15) is 5.75 Å². The Morgan fingerprint density at radius 2 is 1.95 bits per heavy atom. The van der Waals surface area contributed by atoms with Gasteiger partial charge in [0.05, 0.1) is 19.8 Å². The highest BCUT2D eigenvalue weighted by Gasteiger charge is 2.19. The van der Waals surface area contributed by atoms with Crippen molar-refractivity contribution in [2.45, 2.75) is 51.9 Å². The first-order valence-electron chi connectivity index (χ1n) is 7.65. The quantitative estimate of drug-likeness (QED) is 0.863. The van der Waals surface area contributed by atoms with Gasteiger partial charge in [-0.2, -0.15) is 0 Å². The molecule has 0 atom stereocenters. The first-order chi connectivity index (χ1) is 9.72. The Kier molecular flexibility index (Phi) is 5.86. The van der Waals surface area contributed by atoms with E-state index in [1.54, 1.807) is 7.11 Å². The van der Waals surface area contributed by atoms with Crippen LogP contribution in [0.2, 0.25) is 0 Å². The maximum absolute atomic E-state index is 6.09. The third-order valence-corrected chi connectivity index (χ3v) is 4.16. The summed E-state index contributed by atoms with van der Waals surface area (Å²) in [7, 11) is 3.68. The van der Waals surface area contributed by atoms with Crippen molar-refractivity contribution in [1.82, 2.24) is 5.32 Å². The molecule has 0 amide bonds. The largest absolute Gasteiger partial charge is 0.496 e. The number of rotatable bonds is 6. The normalized spacial score (nSPS) is 22.8. The van der Waals surface area contributed by atoms with Crippen LogP contribution in [0.5, 0.6) is 5.75 Å². The number of benzene rings is 1. The summed E-state index contributed by atoms with van der Waals surface area (Å²) in [6.45, 7) is 3.86. The van der Waals surface area contributed by atoms with Crippen LogP contribution in [0.4, 0.5) is 0 Å². The highest BCUT2D eigenvalue weighted by molar-refractivity contribution is 5.36. The molecule has 0 radical (unpaired) electrons. The number of nitrogens with one attached hydrogen (secondary N) is 1. The zero-order valence-electron chi connectivity index (χ0n) is 12.9. The molecule has 1 aliphatic carbocycles. The van der Waals surface area contributed by atoms with Gasteiger partial charge in [0.25, 0.3) is 0 Å². The zero-order valence-corrected chi connectivity index (χ0v) is 12.9. The van der Waals surface area contributed by atoms with Crippen LogP contribution in [0.25, 0.3) is 0 Å². The summed E-state index contributed by atoms with van der Waals surface area (Å²) in [5.74, 6) is 1.79. The van der Waals surface area contributed by atoms with E-state index in [4.69, 9.17) is 9.47 Å². The van der Waals surface area contributed by atoms with Crippen LogP contribution in [-0.4, -0.2) is 20.3 Å². The number of hydrogen-bond donors (Lipinski definition) is 1. The Labute approximate surface area is 122 Å². The molecule has 0 aromatic heterocycles. The van der Waals surface area contributed by atoms with Crippen molar-refractivity contribution >= 4 is 0 Å². The molecule has 2 rings (SSSR count). The second-order valence-corrected chi connectivity index (χ2v) is 5.87. The molecule has 0 heterocycles. The average Bonchev–Trinajstić information content (AvgIpc) is 2.47. The van der Waals surface area contributed by atoms with E-state index in [-0.39, 0.29) is 0 Å². The summed E-state index contributed by atoms with van der Waals surface area (Å²) in [6.07, 6.45) is 5.40. The summed E-state index contributed by atoms with van der Waals surface area (Å²) >= 11 is 0. The Morgan fingerprint density at radius 1 is 1.20 bits per heavy atom. The predicted octanol–water partition coefficient (Wildman–Crippen LogP) is 3.51. The average molecular weight is 277 g/mol.